The Balaban J connectivity index is 0.00000392. The van der Waals surface area contributed by atoms with E-state index in [2.05, 4.69) is 93.5 Å². The molecule has 0 saturated carbocycles. The molecule has 3 heteroatoms. The summed E-state index contributed by atoms with van der Waals surface area (Å²) in [6, 6.07) is 0. The molecule has 0 heterocycles. The van der Waals surface area contributed by atoms with Crippen LogP contribution in [0.2, 0.25) is 0 Å². The van der Waals surface area contributed by atoms with Crippen LogP contribution in [0.3, 0.4) is 0 Å². The summed E-state index contributed by atoms with van der Waals surface area (Å²) in [4.78, 5) is 0. The van der Waals surface area contributed by atoms with Gasteiger partial charge in [-0.25, -0.2) is 0 Å². The van der Waals surface area contributed by atoms with Gasteiger partial charge in [-0.15, -0.1) is 24.8 Å². The Hall–Kier alpha value is 0.423. The molecule has 0 spiro atoms. The fourth-order valence-corrected chi connectivity index (χ4v) is 9.12. The fraction of sp³-hybridized carbons (Fsp3) is 0.692. The monoisotopic (exact) mass is 516 g/mol. The summed E-state index contributed by atoms with van der Waals surface area (Å²) in [5.41, 5.74) is 4.53. The van der Waals surface area contributed by atoms with E-state index in [1.807, 2.05) is 6.56 Å². The van der Waals surface area contributed by atoms with E-state index in [0.717, 1.165) is 0 Å². The van der Waals surface area contributed by atoms with Gasteiger partial charge in [0, 0.05) is 0 Å². The third-order valence-electron chi connectivity index (χ3n) is 8.08. The van der Waals surface area contributed by atoms with Crippen LogP contribution in [-0.4, -0.2) is 0 Å². The normalized spacial score (nSPS) is 20.9. The van der Waals surface area contributed by atoms with Crippen molar-refractivity contribution in [3.63, 3.8) is 0 Å². The average molecular weight is 519 g/mol. The number of allylic oxidation sites excluding steroid dienone is 8. The summed E-state index contributed by atoms with van der Waals surface area (Å²) >= 11 is -0.737. The van der Waals surface area contributed by atoms with Crippen LogP contribution >= 0.6 is 24.8 Å². The molecule has 0 aliphatic heterocycles. The predicted molar refractivity (Wildman–Crippen MR) is 132 cm³/mol. The molecule has 0 nitrogen and oxygen atoms in total. The van der Waals surface area contributed by atoms with Crippen molar-refractivity contribution in [3.8, 4) is 0 Å². The molecule has 0 N–H and O–H groups in total. The SMILES string of the molecule is CCC(C)(C1=[C]([Zr][C]2=C(C(C)(CC)C(C)(C)C)C=CC2)CC=C1)C(C)(C)C.Cl.Cl. The summed E-state index contributed by atoms with van der Waals surface area (Å²) < 4.78 is 3.67. The Morgan fingerprint density at radius 1 is 0.655 bits per heavy atom. The maximum absolute atomic E-state index is 2.50. The molecule has 166 valence electrons. The second kappa shape index (κ2) is 10.4. The van der Waals surface area contributed by atoms with Crippen molar-refractivity contribution in [1.29, 1.82) is 0 Å². The van der Waals surface area contributed by atoms with E-state index >= 15 is 0 Å². The number of hydrogen-bond acceptors (Lipinski definition) is 0. The van der Waals surface area contributed by atoms with E-state index in [9.17, 15) is 0 Å². The van der Waals surface area contributed by atoms with Gasteiger partial charge in [0.25, 0.3) is 0 Å². The maximum atomic E-state index is 2.50. The maximum Gasteiger partial charge on any atom is -0.147 e. The van der Waals surface area contributed by atoms with E-state index in [0.29, 0.717) is 10.8 Å². The number of rotatable bonds is 6. The van der Waals surface area contributed by atoms with Crippen LogP contribution in [0.15, 0.2) is 42.0 Å². The van der Waals surface area contributed by atoms with Gasteiger partial charge in [-0.3, -0.25) is 0 Å². The molecule has 2 rings (SSSR count). The van der Waals surface area contributed by atoms with Crippen LogP contribution in [0.1, 0.15) is 94.9 Å². The fourth-order valence-electron chi connectivity index (χ4n) is 4.71. The quantitative estimate of drug-likeness (QED) is 0.329. The van der Waals surface area contributed by atoms with Gasteiger partial charge in [0.05, 0.1) is 0 Å². The topological polar surface area (TPSA) is 0 Å². The van der Waals surface area contributed by atoms with Gasteiger partial charge in [0.15, 0.2) is 0 Å². The molecule has 0 bridgehead atoms. The third-order valence-corrected chi connectivity index (χ3v) is 11.9. The van der Waals surface area contributed by atoms with Crippen LogP contribution < -0.4 is 0 Å². The minimum atomic E-state index is -0.737. The molecule has 0 saturated heterocycles. The smallest absolute Gasteiger partial charge is 0.147 e. The van der Waals surface area contributed by atoms with Crippen LogP contribution in [-0.2, 0) is 23.2 Å². The van der Waals surface area contributed by atoms with Crippen LogP contribution in [0.4, 0.5) is 0 Å². The van der Waals surface area contributed by atoms with Crippen molar-refractivity contribution in [3.05, 3.63) is 42.0 Å². The van der Waals surface area contributed by atoms with Crippen LogP contribution in [0, 0.1) is 21.7 Å². The zero-order chi connectivity index (χ0) is 20.7. The first-order valence-electron chi connectivity index (χ1n) is 10.9. The molecule has 29 heavy (non-hydrogen) atoms. The van der Waals surface area contributed by atoms with Crippen molar-refractivity contribution < 1.29 is 23.2 Å². The summed E-state index contributed by atoms with van der Waals surface area (Å²) in [5.74, 6) is 0. The molecule has 2 aliphatic rings. The molecule has 0 aromatic heterocycles. The first-order chi connectivity index (χ1) is 12.3. The van der Waals surface area contributed by atoms with Gasteiger partial charge in [-0.2, -0.15) is 0 Å². The van der Waals surface area contributed by atoms with Gasteiger partial charge >= 0.3 is 182 Å². The van der Waals surface area contributed by atoms with E-state index in [-0.39, 0.29) is 35.6 Å². The molecule has 2 aliphatic carbocycles. The Labute approximate surface area is 205 Å². The predicted octanol–water partition coefficient (Wildman–Crippen LogP) is 9.27. The molecule has 0 aromatic rings. The molecule has 2 unspecified atom stereocenters. The van der Waals surface area contributed by atoms with Crippen molar-refractivity contribution in [2.45, 2.75) is 94.9 Å². The Bertz CT molecular complexity index is 637. The summed E-state index contributed by atoms with van der Waals surface area (Å²) in [6.45, 7) is 24.3. The van der Waals surface area contributed by atoms with Crippen LogP contribution in [0.25, 0.3) is 0 Å². The third kappa shape index (κ3) is 5.44. The van der Waals surface area contributed by atoms with E-state index in [1.54, 1.807) is 11.1 Å². The summed E-state index contributed by atoms with van der Waals surface area (Å²) in [7, 11) is 0. The first kappa shape index (κ1) is 29.4. The average Bonchev–Trinajstić information content (AvgIpc) is 3.21. The van der Waals surface area contributed by atoms with E-state index < -0.39 is 23.2 Å². The van der Waals surface area contributed by atoms with Crippen molar-refractivity contribution >= 4 is 24.8 Å². The Kier molecular flexibility index (Phi) is 10.5. The number of halogens is 2. The van der Waals surface area contributed by atoms with Gasteiger partial charge in [0.2, 0.25) is 0 Å². The zero-order valence-electron chi connectivity index (χ0n) is 20.5. The van der Waals surface area contributed by atoms with Gasteiger partial charge in [-0.05, 0) is 0 Å². The molecule has 0 fully saturated rings. The minimum absolute atomic E-state index is 0. The molecule has 0 radical (unpaired) electrons. The van der Waals surface area contributed by atoms with Gasteiger partial charge in [0.1, 0.15) is 0 Å². The first-order valence-corrected chi connectivity index (χ1v) is 13.3. The van der Waals surface area contributed by atoms with E-state index in [4.69, 9.17) is 0 Å². The molecule has 0 aromatic carbocycles. The van der Waals surface area contributed by atoms with Gasteiger partial charge < -0.3 is 0 Å². The number of hydrogen-bond donors (Lipinski definition) is 0. The molecule has 0 amide bonds. The van der Waals surface area contributed by atoms with Crippen molar-refractivity contribution in [1.82, 2.24) is 0 Å². The molecular weight excluding hydrogens is 474 g/mol. The summed E-state index contributed by atoms with van der Waals surface area (Å²) in [6.07, 6.45) is 14.7. The standard InChI is InChI=1S/2C13H21.2ClH.Zr/c2*1-6-13(5,12(2,3)4)11-9-7-8-10-11;;;/h2*7,9H,6,8H2,1-5H3;2*1H;. The van der Waals surface area contributed by atoms with Crippen molar-refractivity contribution in [2.24, 2.45) is 21.7 Å². The van der Waals surface area contributed by atoms with E-state index in [1.165, 1.54) is 25.7 Å². The summed E-state index contributed by atoms with van der Waals surface area (Å²) in [5, 5.41) is 0. The molecule has 2 atom stereocenters. The zero-order valence-corrected chi connectivity index (χ0v) is 24.5. The Morgan fingerprint density at radius 3 is 1.21 bits per heavy atom. The van der Waals surface area contributed by atoms with Crippen molar-refractivity contribution in [2.75, 3.05) is 0 Å². The molecular formula is C26H44Cl2Zr. The Morgan fingerprint density at radius 2 is 0.966 bits per heavy atom. The second-order valence-corrected chi connectivity index (χ2v) is 14.6. The minimum Gasteiger partial charge on any atom is -0.147 e. The second-order valence-electron chi connectivity index (χ2n) is 11.0. The largest absolute Gasteiger partial charge is 0.147 e. The van der Waals surface area contributed by atoms with Crippen LogP contribution in [0.5, 0.6) is 0 Å². The van der Waals surface area contributed by atoms with Gasteiger partial charge in [-0.1, -0.05) is 0 Å².